The third-order valence-electron chi connectivity index (χ3n) is 2.74. The van der Waals surface area contributed by atoms with Crippen LogP contribution in [0.4, 0.5) is 0 Å². The number of amides is 1. The van der Waals surface area contributed by atoms with Crippen LogP contribution in [-0.4, -0.2) is 43.1 Å². The number of nitrogens with one attached hydrogen (secondary N) is 1. The number of carbonyl (C=O) groups is 1. The van der Waals surface area contributed by atoms with Crippen molar-refractivity contribution in [3.63, 3.8) is 0 Å². The Balaban J connectivity index is 2.34. The number of nitrogens with zero attached hydrogens (tertiary/aromatic N) is 1. The molecule has 1 aromatic rings. The van der Waals surface area contributed by atoms with Gasteiger partial charge in [-0.2, -0.15) is 0 Å². The molecule has 0 bridgehead atoms. The van der Waals surface area contributed by atoms with Crippen molar-refractivity contribution in [2.24, 2.45) is 0 Å². The average molecular weight is 250 g/mol. The van der Waals surface area contributed by atoms with E-state index in [4.69, 9.17) is 0 Å². The van der Waals surface area contributed by atoms with E-state index in [-0.39, 0.29) is 12.5 Å². The lowest BCUT2D eigenvalue weighted by molar-refractivity contribution is -0.121. The quantitative estimate of drug-likeness (QED) is 0.795. The van der Waals surface area contributed by atoms with E-state index in [2.05, 4.69) is 5.32 Å². The van der Waals surface area contributed by atoms with Crippen LogP contribution in [0, 0.1) is 6.92 Å². The molecule has 0 aliphatic rings. The van der Waals surface area contributed by atoms with Crippen LogP contribution in [0.15, 0.2) is 24.3 Å². The number of rotatable bonds is 6. The zero-order valence-corrected chi connectivity index (χ0v) is 11.3. The molecule has 4 heteroatoms. The first kappa shape index (κ1) is 14.7. The number of carbonyl (C=O) groups excluding carboxylic acids is 1. The van der Waals surface area contributed by atoms with Crippen molar-refractivity contribution in [3.05, 3.63) is 35.4 Å². The highest BCUT2D eigenvalue weighted by Crippen LogP contribution is 2.12. The van der Waals surface area contributed by atoms with E-state index in [0.29, 0.717) is 13.0 Å². The molecule has 2 N–H and O–H groups in total. The maximum atomic E-state index is 11.5. The fraction of sp³-hybridized carbons (Fsp3) is 0.500. The van der Waals surface area contributed by atoms with Crippen molar-refractivity contribution >= 4 is 5.91 Å². The maximum Gasteiger partial charge on any atom is 0.221 e. The van der Waals surface area contributed by atoms with Gasteiger partial charge in [0, 0.05) is 19.5 Å². The summed E-state index contributed by atoms with van der Waals surface area (Å²) >= 11 is 0. The maximum absolute atomic E-state index is 11.5. The molecule has 1 aromatic carbocycles. The van der Waals surface area contributed by atoms with Crippen LogP contribution in [0.3, 0.4) is 0 Å². The molecule has 0 heterocycles. The normalized spacial score (nSPS) is 12.5. The van der Waals surface area contributed by atoms with Crippen LogP contribution in [0.25, 0.3) is 0 Å². The fourth-order valence-corrected chi connectivity index (χ4v) is 1.53. The van der Waals surface area contributed by atoms with Crippen LogP contribution < -0.4 is 5.32 Å². The van der Waals surface area contributed by atoms with Gasteiger partial charge in [0.1, 0.15) is 0 Å². The highest BCUT2D eigenvalue weighted by atomic mass is 16.3. The molecule has 0 aliphatic carbocycles. The molecule has 0 aromatic heterocycles. The van der Waals surface area contributed by atoms with E-state index in [1.54, 1.807) is 0 Å². The summed E-state index contributed by atoms with van der Waals surface area (Å²) in [6.07, 6.45) is -0.193. The van der Waals surface area contributed by atoms with Crippen molar-refractivity contribution in [2.75, 3.05) is 27.2 Å². The van der Waals surface area contributed by atoms with Gasteiger partial charge < -0.3 is 15.3 Å². The van der Waals surface area contributed by atoms with Crippen molar-refractivity contribution in [1.82, 2.24) is 10.2 Å². The van der Waals surface area contributed by atoms with Crippen LogP contribution in [-0.2, 0) is 4.79 Å². The van der Waals surface area contributed by atoms with Gasteiger partial charge in [0.15, 0.2) is 0 Å². The Morgan fingerprint density at radius 3 is 2.50 bits per heavy atom. The molecule has 1 amide bonds. The van der Waals surface area contributed by atoms with Gasteiger partial charge in [0.05, 0.1) is 6.10 Å². The molecule has 0 aliphatic heterocycles. The predicted octanol–water partition coefficient (Wildman–Crippen LogP) is 1.10. The van der Waals surface area contributed by atoms with E-state index < -0.39 is 6.10 Å². The summed E-state index contributed by atoms with van der Waals surface area (Å²) in [5.41, 5.74) is 1.98. The Bertz CT molecular complexity index is 374. The van der Waals surface area contributed by atoms with Crippen LogP contribution >= 0.6 is 0 Å². The molecule has 0 fully saturated rings. The third kappa shape index (κ3) is 5.29. The van der Waals surface area contributed by atoms with Crippen molar-refractivity contribution in [2.45, 2.75) is 19.4 Å². The summed E-state index contributed by atoms with van der Waals surface area (Å²) in [6, 6.07) is 7.66. The van der Waals surface area contributed by atoms with Gasteiger partial charge in [0.2, 0.25) is 5.91 Å². The van der Waals surface area contributed by atoms with Gasteiger partial charge in [-0.3, -0.25) is 4.79 Å². The lowest BCUT2D eigenvalue weighted by Gasteiger charge is -2.13. The number of benzene rings is 1. The third-order valence-corrected chi connectivity index (χ3v) is 2.74. The zero-order valence-electron chi connectivity index (χ0n) is 11.3. The summed E-state index contributed by atoms with van der Waals surface area (Å²) in [4.78, 5) is 13.4. The van der Waals surface area contributed by atoms with Crippen molar-refractivity contribution in [1.29, 1.82) is 0 Å². The van der Waals surface area contributed by atoms with Gasteiger partial charge in [-0.1, -0.05) is 29.8 Å². The topological polar surface area (TPSA) is 52.6 Å². The smallest absolute Gasteiger partial charge is 0.221 e. The van der Waals surface area contributed by atoms with Gasteiger partial charge in [-0.25, -0.2) is 0 Å². The Kier molecular flexibility index (Phi) is 5.82. The molecular formula is C14H22N2O2. The van der Waals surface area contributed by atoms with Gasteiger partial charge in [0.25, 0.3) is 0 Å². The van der Waals surface area contributed by atoms with Gasteiger partial charge in [-0.15, -0.1) is 0 Å². The molecule has 100 valence electrons. The summed E-state index contributed by atoms with van der Waals surface area (Å²) < 4.78 is 0. The highest BCUT2D eigenvalue weighted by molar-refractivity contribution is 5.76. The van der Waals surface area contributed by atoms with Crippen LogP contribution in [0.2, 0.25) is 0 Å². The molecule has 18 heavy (non-hydrogen) atoms. The number of aliphatic hydroxyl groups excluding tert-OH is 1. The number of hydrogen-bond acceptors (Lipinski definition) is 3. The second kappa shape index (κ2) is 7.13. The number of aryl methyl sites for hydroxylation is 1. The molecule has 0 radical (unpaired) electrons. The Morgan fingerprint density at radius 2 is 1.94 bits per heavy atom. The molecule has 1 atom stereocenters. The first-order valence-corrected chi connectivity index (χ1v) is 6.15. The molecule has 4 nitrogen and oxygen atoms in total. The molecule has 0 saturated carbocycles. The standard InChI is InChI=1S/C14H22N2O2/c1-11-4-6-12(7-5-11)13(17)10-15-14(18)8-9-16(2)3/h4-7,13,17H,8-10H2,1-3H3,(H,15,18). The SMILES string of the molecule is Cc1ccc(C(O)CNC(=O)CCN(C)C)cc1. The molecule has 0 saturated heterocycles. The van der Waals surface area contributed by atoms with Crippen LogP contribution in [0.1, 0.15) is 23.7 Å². The summed E-state index contributed by atoms with van der Waals surface area (Å²) in [5.74, 6) is -0.0325. The lowest BCUT2D eigenvalue weighted by Crippen LogP contribution is -2.30. The Morgan fingerprint density at radius 1 is 1.33 bits per heavy atom. The average Bonchev–Trinajstić information content (AvgIpc) is 2.34. The van der Waals surface area contributed by atoms with E-state index in [1.807, 2.05) is 50.2 Å². The minimum absolute atomic E-state index is 0.0325. The highest BCUT2D eigenvalue weighted by Gasteiger charge is 2.09. The monoisotopic (exact) mass is 250 g/mol. The van der Waals surface area contributed by atoms with E-state index >= 15 is 0 Å². The zero-order chi connectivity index (χ0) is 13.5. The van der Waals surface area contributed by atoms with Crippen molar-refractivity contribution in [3.8, 4) is 0 Å². The lowest BCUT2D eigenvalue weighted by atomic mass is 10.1. The minimum Gasteiger partial charge on any atom is -0.387 e. The minimum atomic E-state index is -0.645. The largest absolute Gasteiger partial charge is 0.387 e. The van der Waals surface area contributed by atoms with Crippen molar-refractivity contribution < 1.29 is 9.90 Å². The van der Waals surface area contributed by atoms with Gasteiger partial charge in [-0.05, 0) is 26.6 Å². The number of hydrogen-bond donors (Lipinski definition) is 2. The van der Waals surface area contributed by atoms with Crippen LogP contribution in [0.5, 0.6) is 0 Å². The molecular weight excluding hydrogens is 228 g/mol. The second-order valence-electron chi connectivity index (χ2n) is 4.78. The molecule has 1 unspecified atom stereocenters. The molecule has 1 rings (SSSR count). The first-order chi connectivity index (χ1) is 8.49. The summed E-state index contributed by atoms with van der Waals surface area (Å²) in [5, 5.41) is 12.6. The van der Waals surface area contributed by atoms with E-state index in [0.717, 1.165) is 11.1 Å². The van der Waals surface area contributed by atoms with E-state index in [9.17, 15) is 9.90 Å². The summed E-state index contributed by atoms with van der Waals surface area (Å²) in [7, 11) is 3.85. The Labute approximate surface area is 109 Å². The molecule has 0 spiro atoms. The first-order valence-electron chi connectivity index (χ1n) is 6.15. The Hall–Kier alpha value is -1.39. The second-order valence-corrected chi connectivity index (χ2v) is 4.78. The summed E-state index contributed by atoms with van der Waals surface area (Å²) in [6.45, 7) is 2.97. The fourth-order valence-electron chi connectivity index (χ4n) is 1.53. The van der Waals surface area contributed by atoms with E-state index in [1.165, 1.54) is 0 Å². The van der Waals surface area contributed by atoms with Gasteiger partial charge >= 0.3 is 0 Å². The predicted molar refractivity (Wildman–Crippen MR) is 72.3 cm³/mol. The number of aliphatic hydroxyl groups is 1.